The van der Waals surface area contributed by atoms with E-state index >= 15 is 0 Å². The highest BCUT2D eigenvalue weighted by atomic mass is 79.9. The normalized spacial score (nSPS) is 20.8. The van der Waals surface area contributed by atoms with E-state index in [1.807, 2.05) is 12.1 Å². The molecule has 0 bridgehead atoms. The molecule has 0 saturated carbocycles. The van der Waals surface area contributed by atoms with Crippen LogP contribution in [0.3, 0.4) is 0 Å². The first kappa shape index (κ1) is 15.6. The monoisotopic (exact) mass is 340 g/mol. The van der Waals surface area contributed by atoms with Crippen molar-refractivity contribution in [3.8, 4) is 5.75 Å². The number of nitrogens with zero attached hydrogens (tertiary/aromatic N) is 1. The van der Waals surface area contributed by atoms with E-state index in [1.54, 1.807) is 7.11 Å². The highest BCUT2D eigenvalue weighted by Crippen LogP contribution is 2.29. The van der Waals surface area contributed by atoms with E-state index < -0.39 is 0 Å². The van der Waals surface area contributed by atoms with Gasteiger partial charge in [-0.05, 0) is 67.7 Å². The molecule has 3 nitrogen and oxygen atoms in total. The molecule has 0 amide bonds. The molecule has 1 atom stereocenters. The molecule has 1 aliphatic rings. The molecule has 0 aliphatic carbocycles. The van der Waals surface area contributed by atoms with E-state index in [-0.39, 0.29) is 0 Å². The highest BCUT2D eigenvalue weighted by Gasteiger charge is 2.19. The summed E-state index contributed by atoms with van der Waals surface area (Å²) in [6, 6.07) is 7.27. The molecular weight excluding hydrogens is 316 g/mol. The number of rotatable bonds is 4. The summed E-state index contributed by atoms with van der Waals surface area (Å²) in [4.78, 5) is 2.57. The molecule has 1 N–H and O–H groups in total. The lowest BCUT2D eigenvalue weighted by Gasteiger charge is -2.24. The van der Waals surface area contributed by atoms with Crippen molar-refractivity contribution in [2.24, 2.45) is 0 Å². The van der Waals surface area contributed by atoms with Crippen LogP contribution in [-0.2, 0) is 0 Å². The van der Waals surface area contributed by atoms with Crippen LogP contribution >= 0.6 is 15.9 Å². The maximum Gasteiger partial charge on any atom is 0.121 e. The average Bonchev–Trinajstić information content (AvgIpc) is 2.67. The molecule has 0 radical (unpaired) electrons. The Morgan fingerprint density at radius 3 is 2.80 bits per heavy atom. The Balaban J connectivity index is 1.99. The van der Waals surface area contributed by atoms with Gasteiger partial charge >= 0.3 is 0 Å². The van der Waals surface area contributed by atoms with Gasteiger partial charge < -0.3 is 15.0 Å². The van der Waals surface area contributed by atoms with E-state index in [1.165, 1.54) is 32.4 Å². The lowest BCUT2D eigenvalue weighted by Crippen LogP contribution is -2.32. The van der Waals surface area contributed by atoms with Crippen LogP contribution < -0.4 is 10.1 Å². The van der Waals surface area contributed by atoms with E-state index in [4.69, 9.17) is 4.74 Å². The van der Waals surface area contributed by atoms with E-state index in [9.17, 15) is 0 Å². The van der Waals surface area contributed by atoms with Gasteiger partial charge in [0.25, 0.3) is 0 Å². The number of anilines is 1. The highest BCUT2D eigenvalue weighted by molar-refractivity contribution is 9.10. The van der Waals surface area contributed by atoms with Crippen molar-refractivity contribution < 1.29 is 4.74 Å². The molecule has 1 heterocycles. The summed E-state index contributed by atoms with van der Waals surface area (Å²) in [5.74, 6) is 0.896. The summed E-state index contributed by atoms with van der Waals surface area (Å²) in [6.07, 6.45) is 3.69. The van der Waals surface area contributed by atoms with Gasteiger partial charge in [0.1, 0.15) is 5.75 Å². The van der Waals surface area contributed by atoms with Crippen molar-refractivity contribution >= 4 is 21.6 Å². The van der Waals surface area contributed by atoms with Crippen molar-refractivity contribution in [2.45, 2.75) is 45.2 Å². The minimum absolute atomic E-state index is 0.544. The molecule has 2 rings (SSSR count). The zero-order valence-electron chi connectivity index (χ0n) is 12.7. The molecule has 1 unspecified atom stereocenters. The third kappa shape index (κ3) is 4.13. The number of ether oxygens (including phenoxy) is 1. The van der Waals surface area contributed by atoms with Gasteiger partial charge in [0, 0.05) is 29.2 Å². The molecule has 0 aromatic heterocycles. The first-order valence-corrected chi connectivity index (χ1v) is 8.23. The van der Waals surface area contributed by atoms with E-state index in [2.05, 4.69) is 46.1 Å². The summed E-state index contributed by atoms with van der Waals surface area (Å²) < 4.78 is 6.40. The molecule has 1 saturated heterocycles. The predicted octanol–water partition coefficient (Wildman–Crippen LogP) is 4.13. The SMILES string of the molecule is COc1ccc(Br)c(NC2CCCN(C(C)C)CC2)c1. The van der Waals surface area contributed by atoms with Crippen LogP contribution in [-0.4, -0.2) is 37.2 Å². The largest absolute Gasteiger partial charge is 0.497 e. The summed E-state index contributed by atoms with van der Waals surface area (Å²) in [5.41, 5.74) is 1.13. The van der Waals surface area contributed by atoms with Crippen LogP contribution in [0, 0.1) is 0 Å². The smallest absolute Gasteiger partial charge is 0.121 e. The number of hydrogen-bond donors (Lipinski definition) is 1. The first-order valence-electron chi connectivity index (χ1n) is 7.44. The molecule has 1 aromatic carbocycles. The lowest BCUT2D eigenvalue weighted by molar-refractivity contribution is 0.230. The molecule has 1 aliphatic heterocycles. The number of hydrogen-bond acceptors (Lipinski definition) is 3. The maximum atomic E-state index is 5.30. The van der Waals surface area contributed by atoms with E-state index in [0.29, 0.717) is 12.1 Å². The van der Waals surface area contributed by atoms with Gasteiger partial charge in [-0.3, -0.25) is 0 Å². The Morgan fingerprint density at radius 2 is 2.10 bits per heavy atom. The molecule has 4 heteroatoms. The second kappa shape index (κ2) is 7.32. The van der Waals surface area contributed by atoms with Crippen molar-refractivity contribution in [2.75, 3.05) is 25.5 Å². The summed E-state index contributed by atoms with van der Waals surface area (Å²) in [6.45, 7) is 6.96. The van der Waals surface area contributed by atoms with Crippen LogP contribution in [0.1, 0.15) is 33.1 Å². The Bertz CT molecular complexity index is 436. The van der Waals surface area contributed by atoms with Crippen molar-refractivity contribution in [1.82, 2.24) is 4.90 Å². The zero-order chi connectivity index (χ0) is 14.5. The number of halogens is 1. The Kier molecular flexibility index (Phi) is 5.73. The van der Waals surface area contributed by atoms with Gasteiger partial charge in [0.05, 0.1) is 12.8 Å². The third-order valence-corrected chi connectivity index (χ3v) is 4.72. The molecule has 1 fully saturated rings. The summed E-state index contributed by atoms with van der Waals surface area (Å²) in [7, 11) is 1.71. The van der Waals surface area contributed by atoms with Gasteiger partial charge in [-0.15, -0.1) is 0 Å². The average molecular weight is 341 g/mol. The molecule has 0 spiro atoms. The Hall–Kier alpha value is -0.740. The second-order valence-corrected chi connectivity index (χ2v) is 6.60. The summed E-state index contributed by atoms with van der Waals surface area (Å²) in [5, 5.41) is 3.67. The minimum Gasteiger partial charge on any atom is -0.497 e. The van der Waals surface area contributed by atoms with Gasteiger partial charge in [0.15, 0.2) is 0 Å². The lowest BCUT2D eigenvalue weighted by atomic mass is 10.1. The van der Waals surface area contributed by atoms with Gasteiger partial charge in [0.2, 0.25) is 0 Å². The quantitative estimate of drug-likeness (QED) is 0.891. The second-order valence-electron chi connectivity index (χ2n) is 5.75. The topological polar surface area (TPSA) is 24.5 Å². The van der Waals surface area contributed by atoms with Gasteiger partial charge in [-0.1, -0.05) is 0 Å². The molecule has 1 aromatic rings. The fraction of sp³-hybridized carbons (Fsp3) is 0.625. The Morgan fingerprint density at radius 1 is 1.30 bits per heavy atom. The van der Waals surface area contributed by atoms with Crippen LogP contribution in [0.2, 0.25) is 0 Å². The van der Waals surface area contributed by atoms with Crippen LogP contribution in [0.15, 0.2) is 22.7 Å². The van der Waals surface area contributed by atoms with Crippen LogP contribution in [0.4, 0.5) is 5.69 Å². The first-order chi connectivity index (χ1) is 9.60. The zero-order valence-corrected chi connectivity index (χ0v) is 14.2. The third-order valence-electron chi connectivity index (χ3n) is 4.03. The predicted molar refractivity (Wildman–Crippen MR) is 88.7 cm³/mol. The fourth-order valence-corrected chi connectivity index (χ4v) is 3.10. The van der Waals surface area contributed by atoms with Crippen LogP contribution in [0.25, 0.3) is 0 Å². The minimum atomic E-state index is 0.544. The molecular formula is C16H25BrN2O. The van der Waals surface area contributed by atoms with Gasteiger partial charge in [-0.2, -0.15) is 0 Å². The van der Waals surface area contributed by atoms with Crippen molar-refractivity contribution in [1.29, 1.82) is 0 Å². The number of benzene rings is 1. The van der Waals surface area contributed by atoms with Gasteiger partial charge in [-0.25, -0.2) is 0 Å². The molecule has 112 valence electrons. The van der Waals surface area contributed by atoms with Crippen molar-refractivity contribution in [3.63, 3.8) is 0 Å². The van der Waals surface area contributed by atoms with Crippen LogP contribution in [0.5, 0.6) is 5.75 Å². The van der Waals surface area contributed by atoms with Crippen molar-refractivity contribution in [3.05, 3.63) is 22.7 Å². The van der Waals surface area contributed by atoms with E-state index in [0.717, 1.165) is 15.9 Å². The number of nitrogens with one attached hydrogen (secondary N) is 1. The number of methoxy groups -OCH3 is 1. The number of likely N-dealkylation sites (tertiary alicyclic amines) is 1. The Labute approximate surface area is 130 Å². The summed E-state index contributed by atoms with van der Waals surface area (Å²) >= 11 is 3.61. The fourth-order valence-electron chi connectivity index (χ4n) is 2.74. The molecule has 20 heavy (non-hydrogen) atoms. The standard InChI is InChI=1S/C16H25BrN2O/c1-12(2)19-9-4-5-13(8-10-19)18-16-11-14(20-3)6-7-15(16)17/h6-7,11-13,18H,4-5,8-10H2,1-3H3. The maximum absolute atomic E-state index is 5.30.